The van der Waals surface area contributed by atoms with Crippen molar-refractivity contribution in [1.82, 2.24) is 19.9 Å². The van der Waals surface area contributed by atoms with Crippen LogP contribution in [0, 0.1) is 11.7 Å². The summed E-state index contributed by atoms with van der Waals surface area (Å²) in [4.78, 5) is 52.4. The van der Waals surface area contributed by atoms with Crippen molar-refractivity contribution in [2.24, 2.45) is 5.92 Å². The summed E-state index contributed by atoms with van der Waals surface area (Å²) in [6.07, 6.45) is 5.01. The second kappa shape index (κ2) is 12.3. The number of carbonyl (C=O) groups excluding carboxylic acids is 3. The lowest BCUT2D eigenvalue weighted by Crippen LogP contribution is -2.40. The molecule has 208 valence electrons. The minimum absolute atomic E-state index is 0.0250. The molecule has 0 atom stereocenters. The van der Waals surface area contributed by atoms with Crippen LogP contribution in [0.25, 0.3) is 0 Å². The highest BCUT2D eigenvalue weighted by molar-refractivity contribution is 6.03. The predicted molar refractivity (Wildman–Crippen MR) is 147 cm³/mol. The molecule has 1 fully saturated rings. The molecular formula is C30H26FN5O5. The lowest BCUT2D eigenvalue weighted by molar-refractivity contribution is 0.0645. The van der Waals surface area contributed by atoms with Crippen molar-refractivity contribution in [3.63, 3.8) is 0 Å². The molecule has 11 heteroatoms. The van der Waals surface area contributed by atoms with Gasteiger partial charge in [0.05, 0.1) is 31.4 Å². The van der Waals surface area contributed by atoms with Gasteiger partial charge in [-0.1, -0.05) is 0 Å². The molecule has 3 heterocycles. The van der Waals surface area contributed by atoms with Crippen molar-refractivity contribution < 1.29 is 28.2 Å². The highest BCUT2D eigenvalue weighted by atomic mass is 19.1. The van der Waals surface area contributed by atoms with Crippen LogP contribution in [0.1, 0.15) is 44.2 Å². The van der Waals surface area contributed by atoms with Gasteiger partial charge in [-0.25, -0.2) is 19.3 Å². The van der Waals surface area contributed by atoms with Crippen molar-refractivity contribution in [3.8, 4) is 17.4 Å². The van der Waals surface area contributed by atoms with E-state index < -0.39 is 5.91 Å². The number of pyridine rings is 1. The first-order valence-electron chi connectivity index (χ1n) is 12.9. The Labute approximate surface area is 235 Å². The Kier molecular flexibility index (Phi) is 8.23. The number of Topliss-reactive ketones (excluding diaryl/α,β-unsaturated/α-hetero) is 1. The molecule has 1 aliphatic heterocycles. The van der Waals surface area contributed by atoms with Gasteiger partial charge in [0.2, 0.25) is 5.88 Å². The number of halogens is 1. The van der Waals surface area contributed by atoms with Crippen molar-refractivity contribution in [2.75, 3.05) is 25.5 Å². The summed E-state index contributed by atoms with van der Waals surface area (Å²) in [6, 6.07) is 15.7. The summed E-state index contributed by atoms with van der Waals surface area (Å²) in [5.74, 6) is 0.0699. The van der Waals surface area contributed by atoms with E-state index in [0.29, 0.717) is 48.7 Å². The van der Waals surface area contributed by atoms with Crippen LogP contribution in [0.5, 0.6) is 17.4 Å². The number of hydrogen-bond donors (Lipinski definition) is 1. The summed E-state index contributed by atoms with van der Waals surface area (Å²) in [6.45, 7) is 0.840. The van der Waals surface area contributed by atoms with Crippen molar-refractivity contribution in [1.29, 1.82) is 0 Å². The fourth-order valence-corrected chi connectivity index (χ4v) is 4.39. The number of methoxy groups -OCH3 is 1. The third-order valence-corrected chi connectivity index (χ3v) is 6.66. The van der Waals surface area contributed by atoms with Crippen LogP contribution in [0.4, 0.5) is 10.1 Å². The molecule has 10 nitrogen and oxygen atoms in total. The van der Waals surface area contributed by atoms with Gasteiger partial charge in [-0.15, -0.1) is 0 Å². The molecule has 0 unspecified atom stereocenters. The first-order chi connectivity index (χ1) is 19.9. The Morgan fingerprint density at radius 3 is 2.10 bits per heavy atom. The molecule has 0 aliphatic carbocycles. The molecule has 2 amide bonds. The summed E-state index contributed by atoms with van der Waals surface area (Å²) in [5, 5.41) is 2.66. The Bertz CT molecular complexity index is 1520. The number of ketones is 1. The molecule has 1 aliphatic rings. The minimum atomic E-state index is -0.525. The topological polar surface area (TPSA) is 124 Å². The van der Waals surface area contributed by atoms with Crippen molar-refractivity contribution >= 4 is 23.3 Å². The maximum Gasteiger partial charge on any atom is 0.275 e. The smallest absolute Gasteiger partial charge is 0.275 e. The zero-order chi connectivity index (χ0) is 28.8. The molecule has 2 aromatic carbocycles. The standard InChI is InChI=1S/C30H26FN5O5/c1-40-23-7-2-19(3-8-23)28(37)20-12-14-36(15-13-20)30(39)26-18-32-25(17-33-26)29(38)35-22-6-11-27(34-16-22)41-24-9-4-21(31)5-10-24/h2-11,16-18,20H,12-15H2,1H3,(H,35,38). The van der Waals surface area contributed by atoms with Gasteiger partial charge in [-0.2, -0.15) is 0 Å². The average Bonchev–Trinajstić information content (AvgIpc) is 3.02. The monoisotopic (exact) mass is 555 g/mol. The molecule has 0 spiro atoms. The SMILES string of the molecule is COc1ccc(C(=O)C2CCN(C(=O)c3cnc(C(=O)Nc4ccc(Oc5ccc(F)cc5)nc4)cn3)CC2)cc1. The molecular weight excluding hydrogens is 529 g/mol. The molecule has 1 saturated heterocycles. The van der Waals surface area contributed by atoms with Crippen LogP contribution in [0.3, 0.4) is 0 Å². The van der Waals surface area contributed by atoms with Crippen LogP contribution in [0.15, 0.2) is 79.3 Å². The number of carbonyl (C=O) groups is 3. The highest BCUT2D eigenvalue weighted by Crippen LogP contribution is 2.24. The van der Waals surface area contributed by atoms with Gasteiger partial charge < -0.3 is 19.7 Å². The summed E-state index contributed by atoms with van der Waals surface area (Å²) in [7, 11) is 1.57. The molecule has 2 aromatic heterocycles. The largest absolute Gasteiger partial charge is 0.497 e. The molecule has 0 radical (unpaired) electrons. The van der Waals surface area contributed by atoms with E-state index in [0.717, 1.165) is 0 Å². The van der Waals surface area contributed by atoms with Crippen molar-refractivity contribution in [3.05, 3.63) is 102 Å². The first kappa shape index (κ1) is 27.4. The van der Waals surface area contributed by atoms with Gasteiger partial charge >= 0.3 is 0 Å². The number of nitrogens with one attached hydrogen (secondary N) is 1. The summed E-state index contributed by atoms with van der Waals surface area (Å²) >= 11 is 0. The van der Waals surface area contributed by atoms with Crippen molar-refractivity contribution in [2.45, 2.75) is 12.8 Å². The number of anilines is 1. The normalized spacial score (nSPS) is 13.4. The Hall–Kier alpha value is -5.19. The number of piperidine rings is 1. The van der Waals surface area contributed by atoms with Gasteiger partial charge in [0, 0.05) is 30.6 Å². The number of amides is 2. The fourth-order valence-electron chi connectivity index (χ4n) is 4.39. The van der Waals surface area contributed by atoms with Gasteiger partial charge in [-0.05, 0) is 67.4 Å². The maximum absolute atomic E-state index is 13.0. The predicted octanol–water partition coefficient (Wildman–Crippen LogP) is 4.80. The fraction of sp³-hybridized carbons (Fsp3) is 0.200. The lowest BCUT2D eigenvalue weighted by Gasteiger charge is -2.31. The van der Waals surface area contributed by atoms with Gasteiger partial charge in [0.25, 0.3) is 11.8 Å². The lowest BCUT2D eigenvalue weighted by atomic mass is 9.89. The van der Waals surface area contributed by atoms with Crippen LogP contribution >= 0.6 is 0 Å². The zero-order valence-corrected chi connectivity index (χ0v) is 22.1. The number of aromatic nitrogens is 3. The van der Waals surface area contributed by atoms with E-state index in [-0.39, 0.29) is 40.7 Å². The molecule has 0 saturated carbocycles. The number of hydrogen-bond acceptors (Lipinski definition) is 8. The van der Waals surface area contributed by atoms with E-state index >= 15 is 0 Å². The Balaban J connectivity index is 1.12. The minimum Gasteiger partial charge on any atom is -0.497 e. The van der Waals surface area contributed by atoms with E-state index in [9.17, 15) is 18.8 Å². The molecule has 5 rings (SSSR count). The van der Waals surface area contributed by atoms with Gasteiger partial charge in [0.15, 0.2) is 5.78 Å². The van der Waals surface area contributed by atoms with Crippen LogP contribution in [-0.2, 0) is 0 Å². The second-order valence-corrected chi connectivity index (χ2v) is 9.34. The van der Waals surface area contributed by atoms with E-state index in [1.54, 1.807) is 48.4 Å². The maximum atomic E-state index is 13.0. The summed E-state index contributed by atoms with van der Waals surface area (Å²) in [5.41, 5.74) is 1.17. The number of nitrogens with zero attached hydrogens (tertiary/aromatic N) is 4. The van der Waals surface area contributed by atoms with E-state index in [1.807, 2.05) is 0 Å². The molecule has 4 aromatic rings. The van der Waals surface area contributed by atoms with E-state index in [2.05, 4.69) is 20.3 Å². The average molecular weight is 556 g/mol. The second-order valence-electron chi connectivity index (χ2n) is 9.34. The van der Waals surface area contributed by atoms with Crippen LogP contribution in [0.2, 0.25) is 0 Å². The summed E-state index contributed by atoms with van der Waals surface area (Å²) < 4.78 is 23.7. The third kappa shape index (κ3) is 6.70. The number of rotatable bonds is 8. The van der Waals surface area contributed by atoms with E-state index in [1.165, 1.54) is 42.9 Å². The highest BCUT2D eigenvalue weighted by Gasteiger charge is 2.29. The number of ether oxygens (including phenoxy) is 2. The van der Waals surface area contributed by atoms with Crippen LogP contribution in [-0.4, -0.2) is 57.6 Å². The number of likely N-dealkylation sites (tertiary alicyclic amines) is 1. The van der Waals surface area contributed by atoms with Gasteiger partial charge in [0.1, 0.15) is 28.7 Å². The van der Waals surface area contributed by atoms with Crippen LogP contribution < -0.4 is 14.8 Å². The molecule has 1 N–H and O–H groups in total. The number of benzene rings is 2. The zero-order valence-electron chi connectivity index (χ0n) is 22.1. The molecule has 0 bridgehead atoms. The first-order valence-corrected chi connectivity index (χ1v) is 12.9. The Morgan fingerprint density at radius 1 is 0.829 bits per heavy atom. The third-order valence-electron chi connectivity index (χ3n) is 6.66. The van der Waals surface area contributed by atoms with E-state index in [4.69, 9.17) is 9.47 Å². The quantitative estimate of drug-likeness (QED) is 0.308. The van der Waals surface area contributed by atoms with Gasteiger partial charge in [-0.3, -0.25) is 14.4 Å². The Morgan fingerprint density at radius 2 is 1.49 bits per heavy atom. The molecule has 41 heavy (non-hydrogen) atoms.